The number of rotatable bonds is 5. The SMILES string of the molecule is CC(=O)OC[C@H]1O[C@@H](n2nc([N+](=O)[O-])[nH]c2=O)C[C@@H]1OC(C)=O. The summed E-state index contributed by atoms with van der Waals surface area (Å²) in [4.78, 5) is 45.4. The monoisotopic (exact) mass is 330 g/mol. The molecule has 12 heteroatoms. The molecule has 0 amide bonds. The lowest BCUT2D eigenvalue weighted by atomic mass is 10.2. The molecule has 1 fully saturated rings. The van der Waals surface area contributed by atoms with E-state index in [0.29, 0.717) is 0 Å². The zero-order valence-electron chi connectivity index (χ0n) is 12.3. The first-order valence-corrected chi connectivity index (χ1v) is 6.57. The zero-order valence-corrected chi connectivity index (χ0v) is 12.3. The molecule has 2 rings (SSSR count). The summed E-state index contributed by atoms with van der Waals surface area (Å²) in [5, 5.41) is 14.1. The van der Waals surface area contributed by atoms with E-state index in [1.807, 2.05) is 4.98 Å². The van der Waals surface area contributed by atoms with Crippen LogP contribution in [0.5, 0.6) is 0 Å². The van der Waals surface area contributed by atoms with Crippen LogP contribution < -0.4 is 5.69 Å². The molecule has 0 spiro atoms. The summed E-state index contributed by atoms with van der Waals surface area (Å²) in [5.74, 6) is -1.86. The van der Waals surface area contributed by atoms with E-state index in [0.717, 1.165) is 4.68 Å². The molecule has 1 aliphatic rings. The predicted octanol–water partition coefficient (Wildman–Crippen LogP) is -0.738. The molecule has 0 aromatic carbocycles. The molecule has 0 aliphatic carbocycles. The van der Waals surface area contributed by atoms with Crippen LogP contribution in [-0.4, -0.2) is 50.4 Å². The van der Waals surface area contributed by atoms with Crippen molar-refractivity contribution in [1.82, 2.24) is 14.8 Å². The summed E-state index contributed by atoms with van der Waals surface area (Å²) in [7, 11) is 0. The number of ether oxygens (including phenoxy) is 3. The fourth-order valence-electron chi connectivity index (χ4n) is 2.14. The van der Waals surface area contributed by atoms with Crippen molar-refractivity contribution < 1.29 is 28.7 Å². The molecule has 1 aromatic rings. The summed E-state index contributed by atoms with van der Waals surface area (Å²) in [6, 6.07) is 0. The van der Waals surface area contributed by atoms with Crippen LogP contribution in [0.15, 0.2) is 4.79 Å². The molecule has 0 radical (unpaired) electrons. The van der Waals surface area contributed by atoms with E-state index in [2.05, 4.69) is 5.10 Å². The largest absolute Gasteiger partial charge is 0.463 e. The Balaban J connectivity index is 2.17. The molecule has 1 N–H and O–H groups in total. The van der Waals surface area contributed by atoms with E-state index in [1.165, 1.54) is 13.8 Å². The molecule has 3 atom stereocenters. The maximum Gasteiger partial charge on any atom is 0.457 e. The van der Waals surface area contributed by atoms with Crippen LogP contribution in [0.4, 0.5) is 5.95 Å². The van der Waals surface area contributed by atoms with E-state index >= 15 is 0 Å². The van der Waals surface area contributed by atoms with Crippen molar-refractivity contribution in [1.29, 1.82) is 0 Å². The molecule has 0 unspecified atom stereocenters. The number of nitrogens with zero attached hydrogens (tertiary/aromatic N) is 3. The second-order valence-electron chi connectivity index (χ2n) is 4.77. The zero-order chi connectivity index (χ0) is 17.1. The van der Waals surface area contributed by atoms with Gasteiger partial charge in [-0.15, -0.1) is 4.68 Å². The summed E-state index contributed by atoms with van der Waals surface area (Å²) >= 11 is 0. The minimum atomic E-state index is -0.989. The lowest BCUT2D eigenvalue weighted by Crippen LogP contribution is -2.31. The lowest BCUT2D eigenvalue weighted by Gasteiger charge is -2.17. The van der Waals surface area contributed by atoms with Gasteiger partial charge in [0.2, 0.25) is 0 Å². The lowest BCUT2D eigenvalue weighted by molar-refractivity contribution is -0.394. The summed E-state index contributed by atoms with van der Waals surface area (Å²) < 4.78 is 16.1. The number of aromatic amines is 1. The number of nitro groups is 1. The van der Waals surface area contributed by atoms with Gasteiger partial charge in [-0.25, -0.2) is 4.79 Å². The third-order valence-electron chi connectivity index (χ3n) is 3.02. The Morgan fingerprint density at radius 1 is 1.48 bits per heavy atom. The third kappa shape index (κ3) is 3.91. The smallest absolute Gasteiger partial charge is 0.457 e. The second-order valence-corrected chi connectivity index (χ2v) is 4.77. The number of hydrogen-bond acceptors (Lipinski definition) is 9. The van der Waals surface area contributed by atoms with Crippen LogP contribution in [0.2, 0.25) is 0 Å². The molecule has 23 heavy (non-hydrogen) atoms. The quantitative estimate of drug-likeness (QED) is 0.417. The molecule has 1 aliphatic heterocycles. The maximum absolute atomic E-state index is 11.7. The van der Waals surface area contributed by atoms with Crippen LogP contribution in [0.3, 0.4) is 0 Å². The van der Waals surface area contributed by atoms with Gasteiger partial charge >= 0.3 is 23.6 Å². The van der Waals surface area contributed by atoms with E-state index in [9.17, 15) is 24.5 Å². The summed E-state index contributed by atoms with van der Waals surface area (Å²) in [5.41, 5.74) is -0.837. The summed E-state index contributed by atoms with van der Waals surface area (Å²) in [6.07, 6.45) is -2.54. The van der Waals surface area contributed by atoms with Gasteiger partial charge < -0.3 is 24.3 Å². The normalized spacial score (nSPS) is 23.5. The van der Waals surface area contributed by atoms with Crippen LogP contribution in [-0.2, 0) is 23.8 Å². The fraction of sp³-hybridized carbons (Fsp3) is 0.636. The number of carbonyl (C=O) groups excluding carboxylic acids is 2. The van der Waals surface area contributed by atoms with Gasteiger partial charge in [-0.1, -0.05) is 0 Å². The number of hydrogen-bond donors (Lipinski definition) is 1. The van der Waals surface area contributed by atoms with Crippen molar-refractivity contribution in [3.63, 3.8) is 0 Å². The van der Waals surface area contributed by atoms with Gasteiger partial charge in [0.25, 0.3) is 0 Å². The Morgan fingerprint density at radius 3 is 2.70 bits per heavy atom. The van der Waals surface area contributed by atoms with Gasteiger partial charge in [0.1, 0.15) is 18.8 Å². The Bertz CT molecular complexity index is 680. The van der Waals surface area contributed by atoms with Crippen molar-refractivity contribution in [2.45, 2.75) is 38.7 Å². The first kappa shape index (κ1) is 16.6. The highest BCUT2D eigenvalue weighted by Crippen LogP contribution is 2.30. The number of carbonyl (C=O) groups is 2. The average molecular weight is 330 g/mol. The highest BCUT2D eigenvalue weighted by molar-refractivity contribution is 5.66. The van der Waals surface area contributed by atoms with Gasteiger partial charge in [-0.3, -0.25) is 9.59 Å². The first-order valence-electron chi connectivity index (χ1n) is 6.57. The number of H-pyrrole nitrogens is 1. The van der Waals surface area contributed by atoms with E-state index in [1.54, 1.807) is 0 Å². The maximum atomic E-state index is 11.7. The van der Waals surface area contributed by atoms with E-state index in [-0.39, 0.29) is 13.0 Å². The highest BCUT2D eigenvalue weighted by atomic mass is 16.6. The molecule has 1 aromatic heterocycles. The van der Waals surface area contributed by atoms with Crippen LogP contribution >= 0.6 is 0 Å². The number of aromatic nitrogens is 3. The van der Waals surface area contributed by atoms with E-state index < -0.39 is 46.9 Å². The predicted molar refractivity (Wildman–Crippen MR) is 70.2 cm³/mol. The second kappa shape index (κ2) is 6.56. The molecule has 12 nitrogen and oxygen atoms in total. The Kier molecular flexibility index (Phi) is 4.74. The minimum Gasteiger partial charge on any atom is -0.463 e. The van der Waals surface area contributed by atoms with Crippen molar-refractivity contribution in [3.05, 3.63) is 20.6 Å². The topological polar surface area (TPSA) is 156 Å². The van der Waals surface area contributed by atoms with Crippen molar-refractivity contribution in [2.24, 2.45) is 0 Å². The molecule has 126 valence electrons. The molecule has 0 saturated carbocycles. The average Bonchev–Trinajstić information content (AvgIpc) is 2.99. The molecular weight excluding hydrogens is 316 g/mol. The minimum absolute atomic E-state index is 0.0351. The van der Waals surface area contributed by atoms with Gasteiger partial charge in [0, 0.05) is 25.4 Å². The fourth-order valence-corrected chi connectivity index (χ4v) is 2.14. The van der Waals surface area contributed by atoms with Crippen LogP contribution in [0, 0.1) is 10.1 Å². The Morgan fingerprint density at radius 2 is 2.17 bits per heavy atom. The summed E-state index contributed by atoms with van der Waals surface area (Å²) in [6.45, 7) is 2.21. The van der Waals surface area contributed by atoms with Crippen molar-refractivity contribution in [2.75, 3.05) is 6.61 Å². The number of nitrogens with one attached hydrogen (secondary N) is 1. The number of esters is 2. The molecule has 0 bridgehead atoms. The molecular formula is C11H14N4O8. The van der Waals surface area contributed by atoms with E-state index in [4.69, 9.17) is 14.2 Å². The molecule has 2 heterocycles. The molecule has 1 saturated heterocycles. The standard InChI is InChI=1S/C11H14N4O8/c1-5(16)21-4-8-7(22-6(2)17)3-9(23-8)14-11(18)12-10(13-14)15(19)20/h7-9H,3-4H2,1-2H3,(H,12,13,18)/t7-,8+,9+/m0/s1. The third-order valence-corrected chi connectivity index (χ3v) is 3.02. The van der Waals surface area contributed by atoms with Crippen LogP contribution in [0.25, 0.3) is 0 Å². The van der Waals surface area contributed by atoms with Gasteiger partial charge in [0.15, 0.2) is 6.23 Å². The van der Waals surface area contributed by atoms with Gasteiger partial charge in [-0.2, -0.15) is 4.98 Å². The Labute approximate surface area is 128 Å². The van der Waals surface area contributed by atoms with Crippen LogP contribution in [0.1, 0.15) is 26.5 Å². The Hall–Kier alpha value is -2.76. The van der Waals surface area contributed by atoms with Gasteiger partial charge in [-0.05, 0) is 4.92 Å². The van der Waals surface area contributed by atoms with Crippen molar-refractivity contribution in [3.8, 4) is 0 Å². The van der Waals surface area contributed by atoms with Gasteiger partial charge in [0.05, 0.1) is 0 Å². The first-order chi connectivity index (χ1) is 10.8. The highest BCUT2D eigenvalue weighted by Gasteiger charge is 2.42. The van der Waals surface area contributed by atoms with Crippen molar-refractivity contribution >= 4 is 17.9 Å².